The minimum absolute atomic E-state index is 0.144. The molecule has 1 aliphatic carbocycles. The molecule has 0 saturated carbocycles. The molecule has 1 aliphatic rings. The minimum atomic E-state index is -0.144. The standard InChI is InChI=1S/C18H22N2/c1-2-14-7-8-17(20-13-14)12-18(19)10-9-15-5-3-4-6-16(15)11-18/h3-8,13H,2,9-12,19H2,1H3. The molecule has 3 rings (SSSR count). The Morgan fingerprint density at radius 1 is 1.15 bits per heavy atom. The number of nitrogens with two attached hydrogens (primary N) is 1. The van der Waals surface area contributed by atoms with Crippen molar-refractivity contribution in [3.05, 3.63) is 65.0 Å². The molecule has 1 atom stereocenters. The Balaban J connectivity index is 1.77. The van der Waals surface area contributed by atoms with Gasteiger partial charge in [-0.25, -0.2) is 0 Å². The molecule has 2 aromatic rings. The Bertz CT molecular complexity index is 589. The van der Waals surface area contributed by atoms with Crippen LogP contribution in [0.15, 0.2) is 42.6 Å². The van der Waals surface area contributed by atoms with Crippen molar-refractivity contribution in [1.82, 2.24) is 4.98 Å². The lowest BCUT2D eigenvalue weighted by molar-refractivity contribution is 0.366. The van der Waals surface area contributed by atoms with Gasteiger partial charge in [-0.2, -0.15) is 0 Å². The minimum Gasteiger partial charge on any atom is -0.324 e. The predicted molar refractivity (Wildman–Crippen MR) is 82.7 cm³/mol. The van der Waals surface area contributed by atoms with Gasteiger partial charge < -0.3 is 5.73 Å². The number of rotatable bonds is 3. The third-order valence-electron chi connectivity index (χ3n) is 4.38. The number of hydrogen-bond donors (Lipinski definition) is 1. The first kappa shape index (κ1) is 13.3. The first-order chi connectivity index (χ1) is 9.68. The van der Waals surface area contributed by atoms with Crippen molar-refractivity contribution in [2.24, 2.45) is 5.73 Å². The average Bonchev–Trinajstić information content (AvgIpc) is 2.47. The highest BCUT2D eigenvalue weighted by atomic mass is 14.8. The second kappa shape index (κ2) is 5.37. The maximum atomic E-state index is 6.64. The lowest BCUT2D eigenvalue weighted by Crippen LogP contribution is -2.47. The Labute approximate surface area is 121 Å². The summed E-state index contributed by atoms with van der Waals surface area (Å²) < 4.78 is 0. The SMILES string of the molecule is CCc1ccc(CC2(N)CCc3ccccc3C2)nc1. The number of benzene rings is 1. The molecule has 0 spiro atoms. The second-order valence-corrected chi connectivity index (χ2v) is 6.00. The summed E-state index contributed by atoms with van der Waals surface area (Å²) in [4.78, 5) is 4.56. The second-order valence-electron chi connectivity index (χ2n) is 6.00. The number of fused-ring (bicyclic) bond motifs is 1. The van der Waals surface area contributed by atoms with Crippen molar-refractivity contribution in [1.29, 1.82) is 0 Å². The van der Waals surface area contributed by atoms with E-state index in [0.717, 1.165) is 37.8 Å². The van der Waals surface area contributed by atoms with E-state index >= 15 is 0 Å². The first-order valence-corrected chi connectivity index (χ1v) is 7.48. The van der Waals surface area contributed by atoms with Gasteiger partial charge in [0.05, 0.1) is 0 Å². The third-order valence-corrected chi connectivity index (χ3v) is 4.38. The molecule has 2 nitrogen and oxygen atoms in total. The molecular formula is C18H22N2. The molecule has 2 heteroatoms. The van der Waals surface area contributed by atoms with E-state index in [1.807, 2.05) is 6.20 Å². The highest BCUT2D eigenvalue weighted by Crippen LogP contribution is 2.29. The molecule has 0 bridgehead atoms. The summed E-state index contributed by atoms with van der Waals surface area (Å²) in [6.07, 6.45) is 6.97. The lowest BCUT2D eigenvalue weighted by atomic mass is 9.76. The van der Waals surface area contributed by atoms with Crippen LogP contribution in [-0.2, 0) is 25.7 Å². The molecule has 1 heterocycles. The first-order valence-electron chi connectivity index (χ1n) is 7.48. The van der Waals surface area contributed by atoms with E-state index in [2.05, 4.69) is 48.3 Å². The Morgan fingerprint density at radius 3 is 2.65 bits per heavy atom. The smallest absolute Gasteiger partial charge is 0.0422 e. The molecule has 0 saturated heterocycles. The van der Waals surface area contributed by atoms with E-state index < -0.39 is 0 Å². The molecular weight excluding hydrogens is 244 g/mol. The van der Waals surface area contributed by atoms with E-state index in [4.69, 9.17) is 5.73 Å². The fourth-order valence-electron chi connectivity index (χ4n) is 3.11. The summed E-state index contributed by atoms with van der Waals surface area (Å²) in [6.45, 7) is 2.15. The molecule has 2 N–H and O–H groups in total. The molecule has 0 radical (unpaired) electrons. The topological polar surface area (TPSA) is 38.9 Å². The monoisotopic (exact) mass is 266 g/mol. The Kier molecular flexibility index (Phi) is 3.58. The fourth-order valence-corrected chi connectivity index (χ4v) is 3.11. The quantitative estimate of drug-likeness (QED) is 0.927. The van der Waals surface area contributed by atoms with Crippen molar-refractivity contribution in [2.75, 3.05) is 0 Å². The van der Waals surface area contributed by atoms with E-state index in [1.54, 1.807) is 0 Å². The molecule has 1 aromatic heterocycles. The molecule has 0 fully saturated rings. The van der Waals surface area contributed by atoms with E-state index in [1.165, 1.54) is 16.7 Å². The zero-order valence-electron chi connectivity index (χ0n) is 12.1. The van der Waals surface area contributed by atoms with Crippen molar-refractivity contribution in [3.8, 4) is 0 Å². The van der Waals surface area contributed by atoms with Gasteiger partial charge in [0.1, 0.15) is 0 Å². The van der Waals surface area contributed by atoms with Gasteiger partial charge in [-0.3, -0.25) is 4.98 Å². The summed E-state index contributed by atoms with van der Waals surface area (Å²) in [5, 5.41) is 0. The third kappa shape index (κ3) is 2.75. The summed E-state index contributed by atoms with van der Waals surface area (Å²) in [5.74, 6) is 0. The van der Waals surface area contributed by atoms with Gasteiger partial charge in [0.2, 0.25) is 0 Å². The average molecular weight is 266 g/mol. The van der Waals surface area contributed by atoms with Crippen molar-refractivity contribution >= 4 is 0 Å². The van der Waals surface area contributed by atoms with Gasteiger partial charge in [-0.15, -0.1) is 0 Å². The van der Waals surface area contributed by atoms with E-state index in [-0.39, 0.29) is 5.54 Å². The van der Waals surface area contributed by atoms with Crippen LogP contribution in [0.4, 0.5) is 0 Å². The fraction of sp³-hybridized carbons (Fsp3) is 0.389. The normalized spacial score (nSPS) is 21.5. The zero-order chi connectivity index (χ0) is 14.0. The van der Waals surface area contributed by atoms with Crippen molar-refractivity contribution in [2.45, 2.75) is 44.6 Å². The molecule has 0 aliphatic heterocycles. The maximum Gasteiger partial charge on any atom is 0.0422 e. The summed E-state index contributed by atoms with van der Waals surface area (Å²) in [5.41, 5.74) is 11.8. The van der Waals surface area contributed by atoms with Crippen LogP contribution in [0.3, 0.4) is 0 Å². The van der Waals surface area contributed by atoms with Gasteiger partial charge in [0.15, 0.2) is 0 Å². The van der Waals surface area contributed by atoms with Gasteiger partial charge in [-0.1, -0.05) is 37.3 Å². The molecule has 104 valence electrons. The number of aromatic nitrogens is 1. The molecule has 0 amide bonds. The Hall–Kier alpha value is -1.67. The lowest BCUT2D eigenvalue weighted by Gasteiger charge is -2.34. The van der Waals surface area contributed by atoms with Crippen LogP contribution < -0.4 is 5.73 Å². The molecule has 20 heavy (non-hydrogen) atoms. The molecule has 1 unspecified atom stereocenters. The van der Waals surface area contributed by atoms with Gasteiger partial charge >= 0.3 is 0 Å². The Morgan fingerprint density at radius 2 is 1.95 bits per heavy atom. The zero-order valence-corrected chi connectivity index (χ0v) is 12.1. The van der Waals surface area contributed by atoms with Crippen LogP contribution in [0.5, 0.6) is 0 Å². The predicted octanol–water partition coefficient (Wildman–Crippen LogP) is 3.07. The molecule has 1 aromatic carbocycles. The van der Waals surface area contributed by atoms with E-state index in [0.29, 0.717) is 0 Å². The summed E-state index contributed by atoms with van der Waals surface area (Å²) in [6, 6.07) is 13.0. The number of pyridine rings is 1. The largest absolute Gasteiger partial charge is 0.324 e. The van der Waals surface area contributed by atoms with Crippen LogP contribution in [0.2, 0.25) is 0 Å². The number of aryl methyl sites for hydroxylation is 2. The van der Waals surface area contributed by atoms with E-state index in [9.17, 15) is 0 Å². The van der Waals surface area contributed by atoms with Gasteiger partial charge in [0, 0.05) is 23.9 Å². The maximum absolute atomic E-state index is 6.64. The summed E-state index contributed by atoms with van der Waals surface area (Å²) >= 11 is 0. The number of hydrogen-bond acceptors (Lipinski definition) is 2. The van der Waals surface area contributed by atoms with Crippen LogP contribution in [-0.4, -0.2) is 10.5 Å². The van der Waals surface area contributed by atoms with Crippen molar-refractivity contribution < 1.29 is 0 Å². The van der Waals surface area contributed by atoms with Crippen molar-refractivity contribution in [3.63, 3.8) is 0 Å². The van der Waals surface area contributed by atoms with Gasteiger partial charge in [0.25, 0.3) is 0 Å². The van der Waals surface area contributed by atoms with Crippen LogP contribution in [0, 0.1) is 0 Å². The highest BCUT2D eigenvalue weighted by molar-refractivity contribution is 5.32. The van der Waals surface area contributed by atoms with Crippen LogP contribution >= 0.6 is 0 Å². The summed E-state index contributed by atoms with van der Waals surface area (Å²) in [7, 11) is 0. The number of nitrogens with zero attached hydrogens (tertiary/aromatic N) is 1. The van der Waals surface area contributed by atoms with Crippen LogP contribution in [0.25, 0.3) is 0 Å². The highest BCUT2D eigenvalue weighted by Gasteiger charge is 2.30. The van der Waals surface area contributed by atoms with Crippen LogP contribution in [0.1, 0.15) is 35.7 Å². The van der Waals surface area contributed by atoms with Gasteiger partial charge in [-0.05, 0) is 48.4 Å².